The average Bonchev–Trinajstić information content (AvgIpc) is 2.33. The van der Waals surface area contributed by atoms with Crippen molar-refractivity contribution < 1.29 is 0 Å². The quantitative estimate of drug-likeness (QED) is 0.674. The highest BCUT2D eigenvalue weighted by molar-refractivity contribution is 8.00. The summed E-state index contributed by atoms with van der Waals surface area (Å²) >= 11 is 2.13. The highest BCUT2D eigenvalue weighted by Crippen LogP contribution is 2.24. The molecule has 1 aliphatic heterocycles. The summed E-state index contributed by atoms with van der Waals surface area (Å²) in [6.45, 7) is 12.0. The molecule has 1 rings (SSSR count). The van der Waals surface area contributed by atoms with E-state index in [2.05, 4.69) is 42.7 Å². The van der Waals surface area contributed by atoms with E-state index in [1.54, 1.807) is 0 Å². The van der Waals surface area contributed by atoms with E-state index in [9.17, 15) is 0 Å². The lowest BCUT2D eigenvalue weighted by Gasteiger charge is -2.37. The second-order valence-corrected chi connectivity index (χ2v) is 6.65. The van der Waals surface area contributed by atoms with E-state index < -0.39 is 0 Å². The van der Waals surface area contributed by atoms with E-state index in [0.29, 0.717) is 0 Å². The number of nitrogens with one attached hydrogen (secondary N) is 1. The van der Waals surface area contributed by atoms with Crippen molar-refractivity contribution in [3.05, 3.63) is 0 Å². The first-order chi connectivity index (χ1) is 8.25. The van der Waals surface area contributed by atoms with Crippen LogP contribution >= 0.6 is 11.8 Å². The SMILES string of the molecule is CCCNCCCCCN1CCSC(C)C1C. The van der Waals surface area contributed by atoms with Gasteiger partial charge < -0.3 is 5.32 Å². The summed E-state index contributed by atoms with van der Waals surface area (Å²) in [6.07, 6.45) is 5.34. The molecule has 2 unspecified atom stereocenters. The second kappa shape index (κ2) is 9.23. The van der Waals surface area contributed by atoms with Crippen LogP contribution < -0.4 is 5.32 Å². The van der Waals surface area contributed by atoms with Crippen molar-refractivity contribution >= 4 is 11.8 Å². The third-order valence-electron chi connectivity index (χ3n) is 3.74. The maximum absolute atomic E-state index is 3.47. The molecule has 0 spiro atoms. The highest BCUT2D eigenvalue weighted by atomic mass is 32.2. The van der Waals surface area contributed by atoms with Gasteiger partial charge in [-0.05, 0) is 45.8 Å². The summed E-state index contributed by atoms with van der Waals surface area (Å²) in [5, 5.41) is 4.29. The van der Waals surface area contributed by atoms with Gasteiger partial charge in [0, 0.05) is 23.6 Å². The lowest BCUT2D eigenvalue weighted by molar-refractivity contribution is 0.208. The fourth-order valence-corrected chi connectivity index (χ4v) is 3.52. The molecule has 0 saturated carbocycles. The molecule has 3 heteroatoms. The molecule has 2 nitrogen and oxygen atoms in total. The number of hydrogen-bond donors (Lipinski definition) is 1. The Balaban J connectivity index is 1.98. The molecule has 102 valence electrons. The third-order valence-corrected chi connectivity index (χ3v) is 5.08. The van der Waals surface area contributed by atoms with Crippen molar-refractivity contribution in [2.45, 2.75) is 57.7 Å². The van der Waals surface area contributed by atoms with Crippen LogP contribution in [0.15, 0.2) is 0 Å². The Kier molecular flexibility index (Phi) is 8.33. The first-order valence-electron chi connectivity index (χ1n) is 7.32. The Morgan fingerprint density at radius 2 is 2.00 bits per heavy atom. The Morgan fingerprint density at radius 3 is 2.76 bits per heavy atom. The van der Waals surface area contributed by atoms with E-state index in [4.69, 9.17) is 0 Å². The van der Waals surface area contributed by atoms with Crippen molar-refractivity contribution in [2.24, 2.45) is 0 Å². The van der Waals surface area contributed by atoms with Crippen LogP contribution in [0.2, 0.25) is 0 Å². The Bertz CT molecular complexity index is 187. The first kappa shape index (κ1) is 15.3. The second-order valence-electron chi connectivity index (χ2n) is 5.16. The summed E-state index contributed by atoms with van der Waals surface area (Å²) in [6, 6.07) is 0.770. The fraction of sp³-hybridized carbons (Fsp3) is 1.00. The molecule has 0 radical (unpaired) electrons. The number of thioether (sulfide) groups is 1. The zero-order valence-corrected chi connectivity index (χ0v) is 12.7. The highest BCUT2D eigenvalue weighted by Gasteiger charge is 2.24. The molecule has 0 amide bonds. The lowest BCUT2D eigenvalue weighted by atomic mass is 10.1. The minimum Gasteiger partial charge on any atom is -0.317 e. The van der Waals surface area contributed by atoms with Crippen LogP contribution in [-0.2, 0) is 0 Å². The lowest BCUT2D eigenvalue weighted by Crippen LogP contribution is -2.44. The van der Waals surface area contributed by atoms with Crippen molar-refractivity contribution in [3.8, 4) is 0 Å². The summed E-state index contributed by atoms with van der Waals surface area (Å²) in [5.41, 5.74) is 0. The molecule has 0 aromatic rings. The Hall–Kier alpha value is 0.270. The van der Waals surface area contributed by atoms with Gasteiger partial charge in [-0.1, -0.05) is 20.3 Å². The zero-order valence-electron chi connectivity index (χ0n) is 11.9. The van der Waals surface area contributed by atoms with E-state index in [-0.39, 0.29) is 0 Å². The monoisotopic (exact) mass is 258 g/mol. The first-order valence-corrected chi connectivity index (χ1v) is 8.37. The van der Waals surface area contributed by atoms with Gasteiger partial charge in [0.15, 0.2) is 0 Å². The van der Waals surface area contributed by atoms with Gasteiger partial charge in [0.25, 0.3) is 0 Å². The van der Waals surface area contributed by atoms with E-state index in [0.717, 1.165) is 11.3 Å². The fourth-order valence-electron chi connectivity index (χ4n) is 2.35. The predicted octanol–water partition coefficient (Wildman–Crippen LogP) is 2.98. The standard InChI is InChI=1S/C14H30N2S/c1-4-8-15-9-6-5-7-10-16-11-12-17-14(3)13(16)2/h13-15H,4-12H2,1-3H3. The largest absolute Gasteiger partial charge is 0.317 e. The van der Waals surface area contributed by atoms with Crippen LogP contribution in [0.1, 0.15) is 46.5 Å². The number of rotatable bonds is 8. The topological polar surface area (TPSA) is 15.3 Å². The van der Waals surface area contributed by atoms with Crippen LogP contribution in [0.3, 0.4) is 0 Å². The number of nitrogens with zero attached hydrogens (tertiary/aromatic N) is 1. The molecule has 1 N–H and O–H groups in total. The minimum absolute atomic E-state index is 0.770. The maximum Gasteiger partial charge on any atom is 0.0184 e. The molecule has 0 aromatic heterocycles. The van der Waals surface area contributed by atoms with Gasteiger partial charge in [-0.3, -0.25) is 4.90 Å². The molecule has 0 aromatic carbocycles. The zero-order chi connectivity index (χ0) is 12.5. The van der Waals surface area contributed by atoms with Crippen LogP contribution in [0.25, 0.3) is 0 Å². The molecule has 1 heterocycles. The van der Waals surface area contributed by atoms with Crippen LogP contribution in [0.4, 0.5) is 0 Å². The van der Waals surface area contributed by atoms with Gasteiger partial charge in [-0.2, -0.15) is 11.8 Å². The Morgan fingerprint density at radius 1 is 1.18 bits per heavy atom. The van der Waals surface area contributed by atoms with Crippen molar-refractivity contribution in [1.29, 1.82) is 0 Å². The number of hydrogen-bond acceptors (Lipinski definition) is 3. The third kappa shape index (κ3) is 6.12. The summed E-state index contributed by atoms with van der Waals surface area (Å²) < 4.78 is 0. The molecule has 17 heavy (non-hydrogen) atoms. The number of unbranched alkanes of at least 4 members (excludes halogenated alkanes) is 2. The molecule has 0 bridgehead atoms. The van der Waals surface area contributed by atoms with Gasteiger partial charge in [0.05, 0.1) is 0 Å². The van der Waals surface area contributed by atoms with Crippen LogP contribution in [0.5, 0.6) is 0 Å². The smallest absolute Gasteiger partial charge is 0.0184 e. The van der Waals surface area contributed by atoms with Gasteiger partial charge in [0.1, 0.15) is 0 Å². The van der Waals surface area contributed by atoms with E-state index in [1.165, 1.54) is 57.6 Å². The van der Waals surface area contributed by atoms with Gasteiger partial charge >= 0.3 is 0 Å². The van der Waals surface area contributed by atoms with Crippen LogP contribution in [0, 0.1) is 0 Å². The molecular weight excluding hydrogens is 228 g/mol. The van der Waals surface area contributed by atoms with Crippen LogP contribution in [-0.4, -0.2) is 48.1 Å². The van der Waals surface area contributed by atoms with Gasteiger partial charge in [-0.25, -0.2) is 0 Å². The van der Waals surface area contributed by atoms with Crippen molar-refractivity contribution in [2.75, 3.05) is 31.9 Å². The molecule has 1 aliphatic rings. The van der Waals surface area contributed by atoms with Gasteiger partial charge in [-0.15, -0.1) is 0 Å². The minimum atomic E-state index is 0.770. The summed E-state index contributed by atoms with van der Waals surface area (Å²) in [7, 11) is 0. The average molecular weight is 258 g/mol. The molecule has 0 aliphatic carbocycles. The summed E-state index contributed by atoms with van der Waals surface area (Å²) in [4.78, 5) is 2.68. The molecule has 1 saturated heterocycles. The Labute approximate surface area is 112 Å². The van der Waals surface area contributed by atoms with E-state index >= 15 is 0 Å². The van der Waals surface area contributed by atoms with E-state index in [1.807, 2.05) is 0 Å². The predicted molar refractivity (Wildman–Crippen MR) is 80.0 cm³/mol. The summed E-state index contributed by atoms with van der Waals surface area (Å²) in [5.74, 6) is 1.32. The van der Waals surface area contributed by atoms with Gasteiger partial charge in [0.2, 0.25) is 0 Å². The maximum atomic E-state index is 3.47. The molecule has 2 atom stereocenters. The molecular formula is C14H30N2S. The van der Waals surface area contributed by atoms with Crippen molar-refractivity contribution in [1.82, 2.24) is 10.2 Å². The molecule has 1 fully saturated rings. The normalized spacial score (nSPS) is 26.3. The van der Waals surface area contributed by atoms with Crippen molar-refractivity contribution in [3.63, 3.8) is 0 Å².